The summed E-state index contributed by atoms with van der Waals surface area (Å²) in [5.41, 5.74) is 0.302. The van der Waals surface area contributed by atoms with Crippen molar-refractivity contribution >= 4 is 5.91 Å². The van der Waals surface area contributed by atoms with E-state index in [9.17, 15) is 4.79 Å². The number of amides is 1. The second-order valence-corrected chi connectivity index (χ2v) is 6.01. The van der Waals surface area contributed by atoms with Gasteiger partial charge in [0, 0.05) is 11.5 Å². The first-order valence-electron chi connectivity index (χ1n) is 5.02. The van der Waals surface area contributed by atoms with Crippen molar-refractivity contribution in [3.8, 4) is 0 Å². The highest BCUT2D eigenvalue weighted by molar-refractivity contribution is 5.80. The van der Waals surface area contributed by atoms with Gasteiger partial charge in [-0.25, -0.2) is 0 Å². The van der Waals surface area contributed by atoms with Crippen molar-refractivity contribution in [3.63, 3.8) is 0 Å². The molecule has 1 N–H and O–H groups in total. The summed E-state index contributed by atoms with van der Waals surface area (Å²) in [4.78, 5) is 11.6. The van der Waals surface area contributed by atoms with Crippen molar-refractivity contribution < 1.29 is 4.79 Å². The minimum Gasteiger partial charge on any atom is -0.351 e. The van der Waals surface area contributed by atoms with Crippen LogP contribution in [0.5, 0.6) is 0 Å². The molecule has 0 atom stereocenters. The molecular weight excluding hydrogens is 162 g/mol. The van der Waals surface area contributed by atoms with Crippen LogP contribution in [0.15, 0.2) is 0 Å². The Balaban J connectivity index is 2.36. The van der Waals surface area contributed by atoms with Crippen LogP contribution < -0.4 is 5.32 Å². The second-order valence-electron chi connectivity index (χ2n) is 6.01. The molecule has 1 fully saturated rings. The molecule has 0 aromatic rings. The highest BCUT2D eigenvalue weighted by Crippen LogP contribution is 2.44. The lowest BCUT2D eigenvalue weighted by Crippen LogP contribution is -2.49. The molecule has 0 unspecified atom stereocenters. The number of carbonyl (C=O) groups excluding carboxylic acids is 1. The van der Waals surface area contributed by atoms with Crippen molar-refractivity contribution in [2.45, 2.75) is 53.0 Å². The monoisotopic (exact) mass is 183 g/mol. The topological polar surface area (TPSA) is 29.1 Å². The van der Waals surface area contributed by atoms with Crippen LogP contribution in [-0.2, 0) is 4.79 Å². The summed E-state index contributed by atoms with van der Waals surface area (Å²) in [5, 5.41) is 3.02. The number of hydrogen-bond donors (Lipinski definition) is 1. The molecule has 2 nitrogen and oxygen atoms in total. The Morgan fingerprint density at radius 2 is 1.77 bits per heavy atom. The van der Waals surface area contributed by atoms with Crippen LogP contribution in [-0.4, -0.2) is 11.4 Å². The quantitative estimate of drug-likeness (QED) is 0.664. The second kappa shape index (κ2) is 3.00. The van der Waals surface area contributed by atoms with Crippen molar-refractivity contribution in [1.29, 1.82) is 0 Å². The molecule has 1 aliphatic carbocycles. The summed E-state index contributed by atoms with van der Waals surface area (Å²) < 4.78 is 0. The van der Waals surface area contributed by atoms with Crippen LogP contribution in [0.1, 0.15) is 47.5 Å². The van der Waals surface area contributed by atoms with E-state index in [0.29, 0.717) is 5.41 Å². The van der Waals surface area contributed by atoms with E-state index >= 15 is 0 Å². The third kappa shape index (κ3) is 3.02. The van der Waals surface area contributed by atoms with Crippen LogP contribution in [0.3, 0.4) is 0 Å². The first-order chi connectivity index (χ1) is 5.70. The van der Waals surface area contributed by atoms with Crippen LogP contribution >= 0.6 is 0 Å². The average Bonchev–Trinajstić information content (AvgIpc) is 1.77. The van der Waals surface area contributed by atoms with Gasteiger partial charge in [-0.3, -0.25) is 4.79 Å². The maximum absolute atomic E-state index is 11.6. The van der Waals surface area contributed by atoms with Crippen LogP contribution in [0.4, 0.5) is 0 Å². The van der Waals surface area contributed by atoms with Gasteiger partial charge in [0.05, 0.1) is 0 Å². The summed E-state index contributed by atoms with van der Waals surface area (Å²) in [6.07, 6.45) is 2.07. The molecule has 0 aromatic heterocycles. The van der Waals surface area contributed by atoms with Gasteiger partial charge in [-0.2, -0.15) is 0 Å². The first kappa shape index (κ1) is 10.6. The molecule has 1 amide bonds. The van der Waals surface area contributed by atoms with Crippen LogP contribution in [0.25, 0.3) is 0 Å². The summed E-state index contributed by atoms with van der Waals surface area (Å²) in [6, 6.07) is 0. The minimum absolute atomic E-state index is 0.0865. The first-order valence-corrected chi connectivity index (χ1v) is 5.02. The van der Waals surface area contributed by atoms with Gasteiger partial charge < -0.3 is 5.32 Å². The normalized spacial score (nSPS) is 22.2. The molecule has 13 heavy (non-hydrogen) atoms. The van der Waals surface area contributed by atoms with Gasteiger partial charge in [-0.15, -0.1) is 0 Å². The lowest BCUT2D eigenvalue weighted by atomic mass is 9.64. The smallest absolute Gasteiger partial charge is 0.223 e. The lowest BCUT2D eigenvalue weighted by Gasteiger charge is -2.42. The van der Waals surface area contributed by atoms with E-state index in [4.69, 9.17) is 0 Å². The molecule has 0 radical (unpaired) electrons. The maximum Gasteiger partial charge on any atom is 0.223 e. The zero-order valence-corrected chi connectivity index (χ0v) is 9.40. The van der Waals surface area contributed by atoms with E-state index in [2.05, 4.69) is 19.2 Å². The fraction of sp³-hybridized carbons (Fsp3) is 0.909. The highest BCUT2D eigenvalue weighted by atomic mass is 16.2. The van der Waals surface area contributed by atoms with Gasteiger partial charge in [0.1, 0.15) is 0 Å². The third-order valence-corrected chi connectivity index (χ3v) is 2.47. The zero-order valence-electron chi connectivity index (χ0n) is 9.40. The molecule has 0 heterocycles. The van der Waals surface area contributed by atoms with Gasteiger partial charge in [0.15, 0.2) is 0 Å². The van der Waals surface area contributed by atoms with Crippen molar-refractivity contribution in [2.24, 2.45) is 11.3 Å². The van der Waals surface area contributed by atoms with E-state index in [1.54, 1.807) is 0 Å². The van der Waals surface area contributed by atoms with E-state index < -0.39 is 0 Å². The van der Waals surface area contributed by atoms with Crippen molar-refractivity contribution in [2.75, 3.05) is 0 Å². The Bertz CT molecular complexity index is 205. The molecule has 1 rings (SSSR count). The largest absolute Gasteiger partial charge is 0.351 e. The summed E-state index contributed by atoms with van der Waals surface area (Å²) in [6.45, 7) is 10.5. The van der Waals surface area contributed by atoms with Crippen LogP contribution in [0, 0.1) is 11.3 Å². The van der Waals surface area contributed by atoms with E-state index in [1.165, 1.54) is 0 Å². The Labute approximate surface area is 81.1 Å². The van der Waals surface area contributed by atoms with E-state index in [0.717, 1.165) is 12.8 Å². The fourth-order valence-corrected chi connectivity index (χ4v) is 1.93. The van der Waals surface area contributed by atoms with Crippen molar-refractivity contribution in [3.05, 3.63) is 0 Å². The van der Waals surface area contributed by atoms with Gasteiger partial charge in [-0.05, 0) is 39.0 Å². The summed E-state index contributed by atoms with van der Waals surface area (Å²) in [7, 11) is 0. The molecule has 0 aromatic carbocycles. The molecule has 0 bridgehead atoms. The predicted octanol–water partition coefficient (Wildman–Crippen LogP) is 2.34. The molecule has 0 spiro atoms. The number of hydrogen-bond acceptors (Lipinski definition) is 1. The Kier molecular flexibility index (Phi) is 2.44. The molecule has 0 aliphatic heterocycles. The average molecular weight is 183 g/mol. The Morgan fingerprint density at radius 3 is 2.08 bits per heavy atom. The Morgan fingerprint density at radius 1 is 1.31 bits per heavy atom. The van der Waals surface area contributed by atoms with Gasteiger partial charge >= 0.3 is 0 Å². The van der Waals surface area contributed by atoms with E-state index in [1.807, 2.05) is 20.8 Å². The predicted molar refractivity (Wildman–Crippen MR) is 54.4 cm³/mol. The molecule has 76 valence electrons. The van der Waals surface area contributed by atoms with Gasteiger partial charge in [-0.1, -0.05) is 13.8 Å². The van der Waals surface area contributed by atoms with Crippen molar-refractivity contribution in [1.82, 2.24) is 5.32 Å². The summed E-state index contributed by atoms with van der Waals surface area (Å²) >= 11 is 0. The zero-order chi connectivity index (χ0) is 10.3. The number of nitrogens with one attached hydrogen (secondary N) is 1. The number of rotatable bonds is 1. The SMILES string of the molecule is CC1(C)CC(C(=O)NC(C)(C)C)C1. The van der Waals surface area contributed by atoms with E-state index in [-0.39, 0.29) is 17.4 Å². The lowest BCUT2D eigenvalue weighted by molar-refractivity contribution is -0.132. The summed E-state index contributed by atoms with van der Waals surface area (Å²) in [5.74, 6) is 0.487. The Hall–Kier alpha value is -0.530. The molecular formula is C11H21NO. The molecule has 1 saturated carbocycles. The standard InChI is InChI=1S/C11H21NO/c1-10(2,3)12-9(13)8-6-11(4,5)7-8/h8H,6-7H2,1-5H3,(H,12,13). The number of carbonyl (C=O) groups is 1. The fourth-order valence-electron chi connectivity index (χ4n) is 1.93. The maximum atomic E-state index is 11.6. The van der Waals surface area contributed by atoms with Gasteiger partial charge in [0.2, 0.25) is 5.91 Å². The third-order valence-electron chi connectivity index (χ3n) is 2.47. The molecule has 2 heteroatoms. The molecule has 1 aliphatic rings. The highest BCUT2D eigenvalue weighted by Gasteiger charge is 2.40. The molecule has 0 saturated heterocycles. The minimum atomic E-state index is -0.0865. The van der Waals surface area contributed by atoms with Gasteiger partial charge in [0.25, 0.3) is 0 Å². The van der Waals surface area contributed by atoms with Crippen LogP contribution in [0.2, 0.25) is 0 Å².